The molecule has 0 atom stereocenters. The van der Waals surface area contributed by atoms with Gasteiger partial charge in [-0.15, -0.1) is 0 Å². The van der Waals surface area contributed by atoms with Gasteiger partial charge in [0.25, 0.3) is 0 Å². The Morgan fingerprint density at radius 3 is 2.60 bits per heavy atom. The van der Waals surface area contributed by atoms with Gasteiger partial charge >= 0.3 is 0 Å². The molecular formula is C15H27N5. The van der Waals surface area contributed by atoms with Crippen LogP contribution in [0.1, 0.15) is 32.0 Å². The maximum atomic E-state index is 4.52. The van der Waals surface area contributed by atoms with E-state index in [0.717, 1.165) is 36.3 Å². The summed E-state index contributed by atoms with van der Waals surface area (Å²) in [5.41, 5.74) is 0. The van der Waals surface area contributed by atoms with Crippen molar-refractivity contribution in [3.8, 4) is 0 Å². The number of nitrogens with one attached hydrogen (secondary N) is 2. The van der Waals surface area contributed by atoms with Gasteiger partial charge in [-0.25, -0.2) is 9.97 Å². The SMILES string of the molecule is CCc1nc(NC)cc(NCCC2CCN(C)CC2)n1. The number of nitrogens with zero attached hydrogens (tertiary/aromatic N) is 3. The molecule has 0 unspecified atom stereocenters. The topological polar surface area (TPSA) is 53.1 Å². The summed E-state index contributed by atoms with van der Waals surface area (Å²) in [7, 11) is 4.10. The molecule has 0 aromatic carbocycles. The highest BCUT2D eigenvalue weighted by Gasteiger charge is 2.16. The first-order chi connectivity index (χ1) is 9.71. The Kier molecular flexibility index (Phi) is 5.59. The minimum Gasteiger partial charge on any atom is -0.373 e. The van der Waals surface area contributed by atoms with Crippen molar-refractivity contribution >= 4 is 11.6 Å². The van der Waals surface area contributed by atoms with Gasteiger partial charge in [0.15, 0.2) is 0 Å². The van der Waals surface area contributed by atoms with Crippen molar-refractivity contribution in [2.45, 2.75) is 32.6 Å². The molecule has 1 aliphatic rings. The lowest BCUT2D eigenvalue weighted by Gasteiger charge is -2.28. The lowest BCUT2D eigenvalue weighted by atomic mass is 9.94. The van der Waals surface area contributed by atoms with Gasteiger partial charge < -0.3 is 15.5 Å². The van der Waals surface area contributed by atoms with E-state index in [1.54, 1.807) is 0 Å². The quantitative estimate of drug-likeness (QED) is 0.835. The summed E-state index contributed by atoms with van der Waals surface area (Å²) in [4.78, 5) is 11.4. The van der Waals surface area contributed by atoms with Gasteiger partial charge in [0.1, 0.15) is 17.5 Å². The minimum atomic E-state index is 0.856. The van der Waals surface area contributed by atoms with Crippen molar-refractivity contribution < 1.29 is 0 Å². The lowest BCUT2D eigenvalue weighted by Crippen LogP contribution is -2.30. The molecule has 5 nitrogen and oxygen atoms in total. The first kappa shape index (κ1) is 15.0. The molecule has 0 amide bonds. The van der Waals surface area contributed by atoms with Crippen LogP contribution in [0.3, 0.4) is 0 Å². The third-order valence-corrected chi connectivity index (χ3v) is 4.04. The third kappa shape index (κ3) is 4.34. The Morgan fingerprint density at radius 1 is 1.25 bits per heavy atom. The molecule has 0 spiro atoms. The zero-order valence-electron chi connectivity index (χ0n) is 12.9. The van der Waals surface area contributed by atoms with Crippen LogP contribution in [-0.2, 0) is 6.42 Å². The second-order valence-electron chi connectivity index (χ2n) is 5.62. The maximum absolute atomic E-state index is 4.52. The first-order valence-electron chi connectivity index (χ1n) is 7.69. The maximum Gasteiger partial charge on any atom is 0.132 e. The average molecular weight is 277 g/mol. The van der Waals surface area contributed by atoms with E-state index in [4.69, 9.17) is 0 Å². The molecule has 2 heterocycles. The molecule has 1 aromatic rings. The second-order valence-corrected chi connectivity index (χ2v) is 5.62. The van der Waals surface area contributed by atoms with Crippen LogP contribution >= 0.6 is 0 Å². The summed E-state index contributed by atoms with van der Waals surface area (Å²) < 4.78 is 0. The minimum absolute atomic E-state index is 0.856. The number of hydrogen-bond acceptors (Lipinski definition) is 5. The highest BCUT2D eigenvalue weighted by atomic mass is 15.1. The zero-order chi connectivity index (χ0) is 14.4. The molecule has 5 heteroatoms. The van der Waals surface area contributed by atoms with Gasteiger partial charge in [0.05, 0.1) is 0 Å². The predicted molar refractivity (Wildman–Crippen MR) is 84.3 cm³/mol. The molecule has 112 valence electrons. The molecule has 0 aliphatic carbocycles. The van der Waals surface area contributed by atoms with Crippen molar-refractivity contribution in [1.82, 2.24) is 14.9 Å². The average Bonchev–Trinajstić information content (AvgIpc) is 2.49. The van der Waals surface area contributed by atoms with E-state index in [0.29, 0.717) is 0 Å². The van der Waals surface area contributed by atoms with Gasteiger partial charge in [0.2, 0.25) is 0 Å². The van der Waals surface area contributed by atoms with E-state index < -0.39 is 0 Å². The number of rotatable bonds is 6. The van der Waals surface area contributed by atoms with Crippen molar-refractivity contribution in [2.75, 3.05) is 44.4 Å². The van der Waals surface area contributed by atoms with Crippen LogP contribution in [-0.4, -0.2) is 48.6 Å². The van der Waals surface area contributed by atoms with Crippen LogP contribution in [0.5, 0.6) is 0 Å². The summed E-state index contributed by atoms with van der Waals surface area (Å²) in [5, 5.41) is 6.54. The van der Waals surface area contributed by atoms with Gasteiger partial charge in [-0.05, 0) is 45.3 Å². The smallest absolute Gasteiger partial charge is 0.132 e. The predicted octanol–water partition coefficient (Wildman–Crippen LogP) is 2.22. The molecule has 1 saturated heterocycles. The fourth-order valence-electron chi connectivity index (χ4n) is 2.63. The van der Waals surface area contributed by atoms with Crippen LogP contribution in [0.15, 0.2) is 6.07 Å². The Hall–Kier alpha value is -1.36. The summed E-state index contributed by atoms with van der Waals surface area (Å²) in [6.07, 6.45) is 4.74. The van der Waals surface area contributed by atoms with E-state index in [9.17, 15) is 0 Å². The molecule has 1 aromatic heterocycles. The Balaban J connectivity index is 1.81. The molecule has 1 aliphatic heterocycles. The molecule has 1 fully saturated rings. The Bertz CT molecular complexity index is 390. The fourth-order valence-corrected chi connectivity index (χ4v) is 2.63. The monoisotopic (exact) mass is 277 g/mol. The number of aryl methyl sites for hydroxylation is 1. The Labute approximate surface area is 122 Å². The highest BCUT2D eigenvalue weighted by Crippen LogP contribution is 2.19. The number of hydrogen-bond donors (Lipinski definition) is 2. The van der Waals surface area contributed by atoms with Gasteiger partial charge in [-0.3, -0.25) is 0 Å². The van der Waals surface area contributed by atoms with E-state index in [-0.39, 0.29) is 0 Å². The van der Waals surface area contributed by atoms with E-state index in [1.807, 2.05) is 13.1 Å². The largest absolute Gasteiger partial charge is 0.373 e. The first-order valence-corrected chi connectivity index (χ1v) is 7.69. The van der Waals surface area contributed by atoms with Crippen LogP contribution in [0.4, 0.5) is 11.6 Å². The highest BCUT2D eigenvalue weighted by molar-refractivity contribution is 5.47. The van der Waals surface area contributed by atoms with Crippen LogP contribution in [0.2, 0.25) is 0 Å². The summed E-state index contributed by atoms with van der Waals surface area (Å²) in [6.45, 7) is 5.55. The second kappa shape index (κ2) is 7.43. The third-order valence-electron chi connectivity index (χ3n) is 4.04. The summed E-state index contributed by atoms with van der Waals surface area (Å²) in [5.74, 6) is 3.57. The summed E-state index contributed by atoms with van der Waals surface area (Å²) >= 11 is 0. The van der Waals surface area contributed by atoms with Crippen molar-refractivity contribution in [3.63, 3.8) is 0 Å². The molecule has 0 bridgehead atoms. The Morgan fingerprint density at radius 2 is 1.95 bits per heavy atom. The van der Waals surface area contributed by atoms with Crippen LogP contribution in [0, 0.1) is 5.92 Å². The molecule has 20 heavy (non-hydrogen) atoms. The van der Waals surface area contributed by atoms with Gasteiger partial charge in [-0.2, -0.15) is 0 Å². The molecular weight excluding hydrogens is 250 g/mol. The van der Waals surface area contributed by atoms with E-state index >= 15 is 0 Å². The standard InChI is InChI=1S/C15H27N5/c1-4-13-18-14(16-2)11-15(19-13)17-8-5-12-6-9-20(3)10-7-12/h11-12H,4-10H2,1-3H3,(H2,16,17,18,19). The zero-order valence-corrected chi connectivity index (χ0v) is 12.9. The normalized spacial score (nSPS) is 17.1. The van der Waals surface area contributed by atoms with Crippen molar-refractivity contribution in [3.05, 3.63) is 11.9 Å². The van der Waals surface area contributed by atoms with Gasteiger partial charge in [0, 0.05) is 26.1 Å². The molecule has 2 rings (SSSR count). The van der Waals surface area contributed by atoms with Gasteiger partial charge in [-0.1, -0.05) is 6.92 Å². The van der Waals surface area contributed by atoms with Crippen LogP contribution < -0.4 is 10.6 Å². The lowest BCUT2D eigenvalue weighted by molar-refractivity contribution is 0.215. The van der Waals surface area contributed by atoms with Crippen molar-refractivity contribution in [1.29, 1.82) is 0 Å². The number of likely N-dealkylation sites (tertiary alicyclic amines) is 1. The number of aromatic nitrogens is 2. The molecule has 0 radical (unpaired) electrons. The van der Waals surface area contributed by atoms with E-state index in [2.05, 4.69) is 39.5 Å². The summed E-state index contributed by atoms with van der Waals surface area (Å²) in [6, 6.07) is 1.98. The molecule has 0 saturated carbocycles. The fraction of sp³-hybridized carbons (Fsp3) is 0.733. The van der Waals surface area contributed by atoms with E-state index in [1.165, 1.54) is 32.4 Å². The molecule has 2 N–H and O–H groups in total. The number of piperidine rings is 1. The van der Waals surface area contributed by atoms with Crippen molar-refractivity contribution in [2.24, 2.45) is 5.92 Å². The van der Waals surface area contributed by atoms with Crippen LogP contribution in [0.25, 0.3) is 0 Å². The number of anilines is 2.